The van der Waals surface area contributed by atoms with Crippen LogP contribution in [0.2, 0.25) is 0 Å². The number of para-hydroxylation sites is 1. The third-order valence-electron chi connectivity index (χ3n) is 2.53. The number of carbonyl (C=O) groups is 2. The first-order valence-corrected chi connectivity index (χ1v) is 8.05. The number of halogens is 1. The number of amides is 1. The quantitative estimate of drug-likeness (QED) is 0.334. The van der Waals surface area contributed by atoms with Crippen LogP contribution < -0.4 is 4.74 Å². The Morgan fingerprint density at radius 1 is 1.24 bits per heavy atom. The Balaban J connectivity index is 2.72. The molecule has 6 heteroatoms. The van der Waals surface area contributed by atoms with Crippen LogP contribution in [0, 0.1) is 0 Å². The predicted molar refractivity (Wildman–Crippen MR) is 88.7 cm³/mol. The van der Waals surface area contributed by atoms with E-state index in [4.69, 9.17) is 9.47 Å². The van der Waals surface area contributed by atoms with Crippen molar-refractivity contribution in [3.8, 4) is 5.75 Å². The van der Waals surface area contributed by atoms with Gasteiger partial charge in [0.15, 0.2) is 0 Å². The van der Waals surface area contributed by atoms with Crippen molar-refractivity contribution in [2.75, 3.05) is 11.5 Å². The molecule has 0 aliphatic rings. The Morgan fingerprint density at radius 3 is 2.29 bits per heavy atom. The summed E-state index contributed by atoms with van der Waals surface area (Å²) < 4.78 is 11.0. The molecule has 116 valence electrons. The van der Waals surface area contributed by atoms with E-state index in [1.165, 1.54) is 11.9 Å². The molecule has 0 fully saturated rings. The van der Waals surface area contributed by atoms with Crippen LogP contribution in [0.25, 0.3) is 0 Å². The van der Waals surface area contributed by atoms with Crippen LogP contribution in [0.4, 0.5) is 4.79 Å². The lowest BCUT2D eigenvalue weighted by Gasteiger charge is -2.28. The zero-order valence-electron chi connectivity index (χ0n) is 12.6. The number of hydrogen-bond acceptors (Lipinski definition) is 4. The lowest BCUT2D eigenvalue weighted by Crippen LogP contribution is -2.47. The normalized spacial score (nSPS) is 12.4. The van der Waals surface area contributed by atoms with Crippen LogP contribution in [0.1, 0.15) is 20.8 Å². The summed E-state index contributed by atoms with van der Waals surface area (Å²) in [6.07, 6.45) is -0.547. The highest BCUT2D eigenvalue weighted by Crippen LogP contribution is 2.15. The van der Waals surface area contributed by atoms with Crippen LogP contribution in [-0.2, 0) is 9.53 Å². The van der Waals surface area contributed by atoms with E-state index in [9.17, 15) is 9.59 Å². The SMILES string of the molecule is CN(C(=O)OC(C)(C)C)[C@H](CI)C(=O)Oc1ccccc1. The molecule has 0 saturated carbocycles. The Kier molecular flexibility index (Phi) is 6.44. The van der Waals surface area contributed by atoms with E-state index in [-0.39, 0.29) is 0 Å². The number of esters is 1. The summed E-state index contributed by atoms with van der Waals surface area (Å²) in [6, 6.07) is 8.07. The van der Waals surface area contributed by atoms with E-state index in [0.717, 1.165) is 0 Å². The van der Waals surface area contributed by atoms with Gasteiger partial charge in [-0.15, -0.1) is 0 Å². The molecule has 1 amide bonds. The van der Waals surface area contributed by atoms with E-state index in [0.29, 0.717) is 10.2 Å². The lowest BCUT2D eigenvalue weighted by atomic mass is 10.2. The first-order chi connectivity index (χ1) is 9.74. The topological polar surface area (TPSA) is 55.8 Å². The van der Waals surface area contributed by atoms with Crippen molar-refractivity contribution < 1.29 is 19.1 Å². The molecule has 0 heterocycles. The van der Waals surface area contributed by atoms with Gasteiger partial charge in [-0.25, -0.2) is 9.59 Å². The molecule has 5 nitrogen and oxygen atoms in total. The minimum Gasteiger partial charge on any atom is -0.444 e. The van der Waals surface area contributed by atoms with Gasteiger partial charge in [-0.3, -0.25) is 4.90 Å². The number of alkyl halides is 1. The number of benzene rings is 1. The van der Waals surface area contributed by atoms with Crippen molar-refractivity contribution >= 4 is 34.7 Å². The molecule has 1 atom stereocenters. The molecular formula is C15H20INO4. The fourth-order valence-electron chi connectivity index (χ4n) is 1.46. The van der Waals surface area contributed by atoms with Crippen molar-refractivity contribution in [3.63, 3.8) is 0 Å². The fraction of sp³-hybridized carbons (Fsp3) is 0.467. The van der Waals surface area contributed by atoms with Gasteiger partial charge in [0.1, 0.15) is 17.4 Å². The van der Waals surface area contributed by atoms with E-state index in [1.54, 1.807) is 45.0 Å². The van der Waals surface area contributed by atoms with Crippen LogP contribution in [0.5, 0.6) is 5.75 Å². The summed E-state index contributed by atoms with van der Waals surface area (Å²) in [4.78, 5) is 25.5. The zero-order valence-corrected chi connectivity index (χ0v) is 14.8. The third kappa shape index (κ3) is 5.91. The molecule has 0 radical (unpaired) electrons. The van der Waals surface area contributed by atoms with E-state index < -0.39 is 23.7 Å². The Morgan fingerprint density at radius 2 is 1.81 bits per heavy atom. The lowest BCUT2D eigenvalue weighted by molar-refractivity contribution is -0.138. The summed E-state index contributed by atoms with van der Waals surface area (Å²) >= 11 is 2.04. The number of rotatable bonds is 4. The molecule has 0 unspecified atom stereocenters. The van der Waals surface area contributed by atoms with Gasteiger partial charge in [-0.2, -0.15) is 0 Å². The van der Waals surface area contributed by atoms with Gasteiger partial charge in [0.05, 0.1) is 0 Å². The maximum Gasteiger partial charge on any atom is 0.410 e. The number of nitrogens with zero attached hydrogens (tertiary/aromatic N) is 1. The average molecular weight is 405 g/mol. The second kappa shape index (κ2) is 7.63. The average Bonchev–Trinajstić information content (AvgIpc) is 2.38. The van der Waals surface area contributed by atoms with Gasteiger partial charge in [0.25, 0.3) is 0 Å². The molecule has 0 aliphatic heterocycles. The van der Waals surface area contributed by atoms with Crippen LogP contribution in [0.15, 0.2) is 30.3 Å². The van der Waals surface area contributed by atoms with E-state index in [1.807, 2.05) is 28.7 Å². The van der Waals surface area contributed by atoms with Gasteiger partial charge >= 0.3 is 12.1 Å². The Bertz CT molecular complexity index is 484. The van der Waals surface area contributed by atoms with Crippen molar-refractivity contribution in [2.45, 2.75) is 32.4 Å². The van der Waals surface area contributed by atoms with Gasteiger partial charge in [-0.1, -0.05) is 40.8 Å². The van der Waals surface area contributed by atoms with Crippen LogP contribution in [-0.4, -0.2) is 40.1 Å². The summed E-state index contributed by atoms with van der Waals surface area (Å²) in [7, 11) is 1.53. The maximum absolute atomic E-state index is 12.2. The second-order valence-corrected chi connectivity index (χ2v) is 6.38. The van der Waals surface area contributed by atoms with Crippen molar-refractivity contribution in [1.82, 2.24) is 4.90 Å². The van der Waals surface area contributed by atoms with Crippen LogP contribution >= 0.6 is 22.6 Å². The minimum atomic E-state index is -0.694. The first kappa shape index (κ1) is 17.7. The molecule has 1 rings (SSSR count). The first-order valence-electron chi connectivity index (χ1n) is 6.53. The molecule has 0 aromatic heterocycles. The molecule has 0 aliphatic carbocycles. The molecule has 0 saturated heterocycles. The molecular weight excluding hydrogens is 385 g/mol. The van der Waals surface area contributed by atoms with Gasteiger partial charge in [0.2, 0.25) is 0 Å². The number of carbonyl (C=O) groups excluding carboxylic acids is 2. The van der Waals surface area contributed by atoms with Crippen molar-refractivity contribution in [3.05, 3.63) is 30.3 Å². The highest BCUT2D eigenvalue weighted by Gasteiger charge is 2.30. The summed E-state index contributed by atoms with van der Waals surface area (Å²) in [5.41, 5.74) is -0.607. The van der Waals surface area contributed by atoms with Gasteiger partial charge in [0, 0.05) is 11.5 Å². The Hall–Kier alpha value is -1.31. The van der Waals surface area contributed by atoms with E-state index >= 15 is 0 Å². The van der Waals surface area contributed by atoms with Crippen LogP contribution in [0.3, 0.4) is 0 Å². The third-order valence-corrected chi connectivity index (χ3v) is 3.36. The second-order valence-electron chi connectivity index (χ2n) is 5.50. The maximum atomic E-state index is 12.2. The largest absolute Gasteiger partial charge is 0.444 e. The summed E-state index contributed by atoms with van der Waals surface area (Å²) in [5.74, 6) is -0.0288. The minimum absolute atomic E-state index is 0.416. The molecule has 1 aromatic carbocycles. The predicted octanol–water partition coefficient (Wildman–Crippen LogP) is 3.26. The summed E-state index contributed by atoms with van der Waals surface area (Å²) in [5, 5.41) is 0. The van der Waals surface area contributed by atoms with Crippen molar-refractivity contribution in [2.24, 2.45) is 0 Å². The summed E-state index contributed by atoms with van der Waals surface area (Å²) in [6.45, 7) is 5.33. The highest BCUT2D eigenvalue weighted by atomic mass is 127. The number of ether oxygens (including phenoxy) is 2. The molecule has 21 heavy (non-hydrogen) atoms. The molecule has 1 aromatic rings. The van der Waals surface area contributed by atoms with E-state index in [2.05, 4.69) is 0 Å². The number of hydrogen-bond donors (Lipinski definition) is 0. The monoisotopic (exact) mass is 405 g/mol. The highest BCUT2D eigenvalue weighted by molar-refractivity contribution is 14.1. The molecule has 0 spiro atoms. The van der Waals surface area contributed by atoms with Crippen molar-refractivity contribution in [1.29, 1.82) is 0 Å². The number of likely N-dealkylation sites (N-methyl/N-ethyl adjacent to an activating group) is 1. The molecule has 0 N–H and O–H groups in total. The Labute approximate surface area is 138 Å². The van der Waals surface area contributed by atoms with Gasteiger partial charge in [-0.05, 0) is 32.9 Å². The fourth-order valence-corrected chi connectivity index (χ4v) is 2.41. The smallest absolute Gasteiger partial charge is 0.410 e. The van der Waals surface area contributed by atoms with Gasteiger partial charge < -0.3 is 9.47 Å². The standard InChI is InChI=1S/C15H20INO4/c1-15(2,3)21-14(19)17(4)12(10-16)13(18)20-11-8-6-5-7-9-11/h5-9,12H,10H2,1-4H3/t12-/m1/s1. The molecule has 0 bridgehead atoms. The zero-order chi connectivity index (χ0) is 16.0.